The van der Waals surface area contributed by atoms with Crippen molar-refractivity contribution in [3.8, 4) is 0 Å². The molecule has 200 valence electrons. The van der Waals surface area contributed by atoms with E-state index in [1.165, 1.54) is 17.3 Å². The smallest absolute Gasteiger partial charge is 0.245 e. The van der Waals surface area contributed by atoms with Gasteiger partial charge in [-0.1, -0.05) is 39.4 Å². The molecule has 0 unspecified atom stereocenters. The fourth-order valence-electron chi connectivity index (χ4n) is 6.32. The van der Waals surface area contributed by atoms with Crippen LogP contribution in [0.25, 0.3) is 0 Å². The lowest BCUT2D eigenvalue weighted by molar-refractivity contribution is -0.136. The lowest BCUT2D eigenvalue weighted by Crippen LogP contribution is -2.59. The van der Waals surface area contributed by atoms with Gasteiger partial charge in [-0.3, -0.25) is 4.79 Å². The topological polar surface area (TPSA) is 87.4 Å². The Kier molecular flexibility index (Phi) is 6.79. The molecule has 3 aliphatic rings. The second-order valence-electron chi connectivity index (χ2n) is 12.8. The van der Waals surface area contributed by atoms with Crippen LogP contribution < -0.4 is 10.2 Å². The van der Waals surface area contributed by atoms with Gasteiger partial charge in [-0.15, -0.1) is 0 Å². The van der Waals surface area contributed by atoms with Crippen molar-refractivity contribution in [2.45, 2.75) is 79.2 Å². The van der Waals surface area contributed by atoms with Crippen LogP contribution in [0.4, 0.5) is 11.8 Å². The van der Waals surface area contributed by atoms with Crippen LogP contribution in [0.3, 0.4) is 0 Å². The van der Waals surface area contributed by atoms with Crippen molar-refractivity contribution < 1.29 is 9.32 Å². The minimum atomic E-state index is 0.0287. The molecule has 4 heterocycles. The molecular formula is C29H42N6O2. The van der Waals surface area contributed by atoms with Gasteiger partial charge in [0.2, 0.25) is 11.9 Å². The van der Waals surface area contributed by atoms with Crippen molar-refractivity contribution in [3.63, 3.8) is 0 Å². The zero-order chi connectivity index (χ0) is 26.4. The van der Waals surface area contributed by atoms with Crippen LogP contribution in [0.5, 0.6) is 0 Å². The molecule has 1 aliphatic carbocycles. The number of hydrogen-bond acceptors (Lipinski definition) is 7. The molecule has 8 nitrogen and oxygen atoms in total. The molecule has 5 rings (SSSR count). The molecule has 0 aromatic carbocycles. The number of carbonyl (C=O) groups is 1. The van der Waals surface area contributed by atoms with E-state index in [1.807, 2.05) is 17.9 Å². The van der Waals surface area contributed by atoms with Crippen LogP contribution in [0, 0.1) is 23.7 Å². The molecule has 0 bridgehead atoms. The monoisotopic (exact) mass is 506 g/mol. The number of hydrogen-bond donors (Lipinski definition) is 1. The Labute approximate surface area is 220 Å². The number of aromatic nitrogens is 3. The fourth-order valence-corrected chi connectivity index (χ4v) is 6.32. The Balaban J connectivity index is 1.41. The van der Waals surface area contributed by atoms with Gasteiger partial charge in [0, 0.05) is 55.7 Å². The zero-order valence-corrected chi connectivity index (χ0v) is 23.1. The van der Waals surface area contributed by atoms with Gasteiger partial charge in [0.1, 0.15) is 11.6 Å². The van der Waals surface area contributed by atoms with Crippen molar-refractivity contribution in [1.82, 2.24) is 20.0 Å². The molecule has 1 spiro atoms. The second-order valence-corrected chi connectivity index (χ2v) is 12.8. The van der Waals surface area contributed by atoms with Crippen molar-refractivity contribution in [2.75, 3.05) is 36.4 Å². The molecule has 2 fully saturated rings. The summed E-state index contributed by atoms with van der Waals surface area (Å²) < 4.78 is 5.57. The van der Waals surface area contributed by atoms with Gasteiger partial charge in [-0.25, -0.2) is 4.98 Å². The van der Waals surface area contributed by atoms with Crippen LogP contribution in [0.2, 0.25) is 0 Å². The third-order valence-electron chi connectivity index (χ3n) is 8.26. The first-order valence-electron chi connectivity index (χ1n) is 13.8. The van der Waals surface area contributed by atoms with Gasteiger partial charge in [-0.05, 0) is 56.4 Å². The van der Waals surface area contributed by atoms with E-state index in [4.69, 9.17) is 14.5 Å². The summed E-state index contributed by atoms with van der Waals surface area (Å²) in [6.07, 6.45) is 7.35. The van der Waals surface area contributed by atoms with E-state index in [-0.39, 0.29) is 22.8 Å². The molecule has 2 aromatic rings. The quantitative estimate of drug-likeness (QED) is 0.524. The number of nitrogens with zero attached hydrogens (tertiary/aromatic N) is 5. The maximum Gasteiger partial charge on any atom is 0.245 e. The Morgan fingerprint density at radius 1 is 1.24 bits per heavy atom. The Morgan fingerprint density at radius 2 is 2.03 bits per heavy atom. The van der Waals surface area contributed by atoms with Crippen LogP contribution in [-0.4, -0.2) is 58.2 Å². The van der Waals surface area contributed by atoms with Crippen molar-refractivity contribution in [2.24, 2.45) is 16.7 Å². The lowest BCUT2D eigenvalue weighted by Gasteiger charge is -2.47. The van der Waals surface area contributed by atoms with Crippen molar-refractivity contribution in [1.29, 1.82) is 0 Å². The van der Waals surface area contributed by atoms with Crippen molar-refractivity contribution >= 4 is 17.7 Å². The number of carbonyl (C=O) groups excluding carboxylic acids is 1. The highest BCUT2D eigenvalue weighted by atomic mass is 16.5. The summed E-state index contributed by atoms with van der Waals surface area (Å²) in [7, 11) is 0. The number of fused-ring (bicyclic) bond motifs is 1. The first-order valence-corrected chi connectivity index (χ1v) is 13.8. The minimum absolute atomic E-state index is 0.0287. The third-order valence-corrected chi connectivity index (χ3v) is 8.26. The van der Waals surface area contributed by atoms with E-state index in [0.29, 0.717) is 5.92 Å². The number of nitrogens with one attached hydrogen (secondary N) is 1. The first-order chi connectivity index (χ1) is 17.5. The highest BCUT2D eigenvalue weighted by Gasteiger charge is 2.49. The van der Waals surface area contributed by atoms with Gasteiger partial charge < -0.3 is 19.6 Å². The molecule has 2 saturated heterocycles. The van der Waals surface area contributed by atoms with E-state index in [1.54, 1.807) is 0 Å². The number of rotatable bonds is 8. The number of anilines is 2. The predicted octanol–water partition coefficient (Wildman–Crippen LogP) is 4.58. The zero-order valence-electron chi connectivity index (χ0n) is 23.1. The number of aryl methyl sites for hydroxylation is 1. The normalized spacial score (nSPS) is 20.6. The molecule has 0 saturated carbocycles. The average molecular weight is 507 g/mol. The van der Waals surface area contributed by atoms with Crippen molar-refractivity contribution in [3.05, 3.63) is 41.4 Å². The largest absolute Gasteiger partial charge is 0.366 e. The molecule has 37 heavy (non-hydrogen) atoms. The Bertz CT molecular complexity index is 1160. The lowest BCUT2D eigenvalue weighted by atomic mass is 9.76. The highest BCUT2D eigenvalue weighted by Crippen LogP contribution is 2.42. The molecule has 1 N–H and O–H groups in total. The second kappa shape index (κ2) is 9.76. The van der Waals surface area contributed by atoms with Crippen LogP contribution in [-0.2, 0) is 24.1 Å². The Morgan fingerprint density at radius 3 is 2.70 bits per heavy atom. The van der Waals surface area contributed by atoms with Gasteiger partial charge >= 0.3 is 0 Å². The number of amides is 1. The Hall–Kier alpha value is -2.90. The van der Waals surface area contributed by atoms with E-state index < -0.39 is 0 Å². The molecule has 8 heteroatoms. The summed E-state index contributed by atoms with van der Waals surface area (Å²) >= 11 is 0. The molecule has 2 aliphatic heterocycles. The highest BCUT2D eigenvalue weighted by molar-refractivity contribution is 5.87. The van der Waals surface area contributed by atoms with Crippen LogP contribution in [0.15, 0.2) is 23.2 Å². The van der Waals surface area contributed by atoms with Gasteiger partial charge in [0.15, 0.2) is 0 Å². The average Bonchev–Trinajstić information content (AvgIpc) is 3.42. The van der Waals surface area contributed by atoms with Crippen LogP contribution >= 0.6 is 0 Å². The molecular weight excluding hydrogens is 464 g/mol. The van der Waals surface area contributed by atoms with Gasteiger partial charge in [0.05, 0.1) is 11.4 Å². The third kappa shape index (κ3) is 5.53. The van der Waals surface area contributed by atoms with Crippen LogP contribution in [0.1, 0.15) is 69.7 Å². The molecule has 2 aromatic heterocycles. The van der Waals surface area contributed by atoms with Gasteiger partial charge in [-0.2, -0.15) is 4.98 Å². The first kappa shape index (κ1) is 25.7. The SMILES string of the molecule is C=CC(=O)N1CC2(CCN(c3nc4c(c(N[C@H](Cc5cc(C)no5)CC(C)C)n3)CCC(C)(C)C4)C2)C1. The summed E-state index contributed by atoms with van der Waals surface area (Å²) in [5.74, 6) is 3.28. The summed E-state index contributed by atoms with van der Waals surface area (Å²) in [5.41, 5.74) is 3.74. The molecule has 1 amide bonds. The maximum atomic E-state index is 12.0. The van der Waals surface area contributed by atoms with E-state index in [2.05, 4.69) is 49.6 Å². The standard InChI is InChI=1S/C29H42N6O2/c1-7-25(36)35-17-29(18-35)10-11-34(16-29)27-31-24-15-28(5,6)9-8-23(24)26(32-27)30-21(12-19(2)3)14-22-13-20(4)33-37-22/h7,13,19,21H,1,8-12,14-18H2,2-6H3,(H,30,31,32)/t21-/m0/s1. The summed E-state index contributed by atoms with van der Waals surface area (Å²) in [6.45, 7) is 18.2. The van der Waals surface area contributed by atoms with E-state index in [9.17, 15) is 4.79 Å². The molecule has 0 radical (unpaired) electrons. The number of likely N-dealkylation sites (tertiary alicyclic amines) is 1. The van der Waals surface area contributed by atoms with Gasteiger partial charge in [0.25, 0.3) is 0 Å². The predicted molar refractivity (Wildman–Crippen MR) is 146 cm³/mol. The molecule has 1 atom stereocenters. The van der Waals surface area contributed by atoms with E-state index in [0.717, 1.165) is 87.9 Å². The minimum Gasteiger partial charge on any atom is -0.366 e. The summed E-state index contributed by atoms with van der Waals surface area (Å²) in [5, 5.41) is 7.93. The maximum absolute atomic E-state index is 12.0. The summed E-state index contributed by atoms with van der Waals surface area (Å²) in [6, 6.07) is 2.23. The summed E-state index contributed by atoms with van der Waals surface area (Å²) in [4.78, 5) is 26.6. The fraction of sp³-hybridized carbons (Fsp3) is 0.655. The van der Waals surface area contributed by atoms with E-state index >= 15 is 0 Å².